The minimum absolute atomic E-state index is 0.0285. The summed E-state index contributed by atoms with van der Waals surface area (Å²) in [5.41, 5.74) is 2.44. The lowest BCUT2D eigenvalue weighted by molar-refractivity contribution is -0.134. The number of ether oxygens (including phenoxy) is 1. The van der Waals surface area contributed by atoms with Crippen LogP contribution in [0.15, 0.2) is 30.3 Å². The van der Waals surface area contributed by atoms with Crippen molar-refractivity contribution in [1.82, 2.24) is 14.7 Å². The average Bonchev–Trinajstić information content (AvgIpc) is 3.13. The predicted molar refractivity (Wildman–Crippen MR) is 112 cm³/mol. The molecule has 1 aliphatic heterocycles. The molecule has 5 nitrogen and oxygen atoms in total. The van der Waals surface area contributed by atoms with Gasteiger partial charge in [0.2, 0.25) is 0 Å². The van der Waals surface area contributed by atoms with E-state index in [0.717, 1.165) is 31.6 Å². The van der Waals surface area contributed by atoms with Crippen LogP contribution < -0.4 is 4.74 Å². The van der Waals surface area contributed by atoms with Gasteiger partial charge in [-0.2, -0.15) is 5.10 Å². The van der Waals surface area contributed by atoms with Crippen molar-refractivity contribution in [3.05, 3.63) is 46.7 Å². The lowest BCUT2D eigenvalue weighted by Gasteiger charge is -2.33. The van der Waals surface area contributed by atoms with Crippen LogP contribution in [-0.2, 0) is 4.79 Å². The van der Waals surface area contributed by atoms with Gasteiger partial charge in [0.1, 0.15) is 5.75 Å². The average molecular weight is 404 g/mol. The number of piperidine rings is 1. The fourth-order valence-electron chi connectivity index (χ4n) is 3.56. The summed E-state index contributed by atoms with van der Waals surface area (Å²) in [5, 5.41) is 5.54. The number of amides is 1. The third-order valence-corrected chi connectivity index (χ3v) is 5.56. The van der Waals surface area contributed by atoms with Gasteiger partial charge in [-0.15, -0.1) is 0 Å². The van der Waals surface area contributed by atoms with Crippen molar-refractivity contribution >= 4 is 17.5 Å². The molecule has 1 fully saturated rings. The summed E-state index contributed by atoms with van der Waals surface area (Å²) in [4.78, 5) is 14.4. The number of nitrogens with zero attached hydrogens (tertiary/aromatic N) is 3. The Bertz CT molecular complexity index is 791. The molecule has 1 saturated heterocycles. The second-order valence-corrected chi connectivity index (χ2v) is 8.54. The highest BCUT2D eigenvalue weighted by Gasteiger charge is 2.27. The van der Waals surface area contributed by atoms with E-state index >= 15 is 0 Å². The van der Waals surface area contributed by atoms with Gasteiger partial charge in [0.05, 0.1) is 11.7 Å². The number of likely N-dealkylation sites (tertiary alicyclic amines) is 1. The summed E-state index contributed by atoms with van der Waals surface area (Å²) in [6.45, 7) is 10.3. The maximum atomic E-state index is 12.5. The Balaban J connectivity index is 1.56. The molecule has 152 valence electrons. The molecular formula is C22H30ClN3O2. The molecule has 2 aromatic rings. The highest BCUT2D eigenvalue weighted by Crippen LogP contribution is 2.29. The molecule has 1 aromatic carbocycles. The second-order valence-electron chi connectivity index (χ2n) is 8.10. The maximum Gasteiger partial charge on any atom is 0.260 e. The van der Waals surface area contributed by atoms with E-state index in [1.165, 1.54) is 5.69 Å². The zero-order chi connectivity index (χ0) is 20.3. The van der Waals surface area contributed by atoms with Crippen LogP contribution in [-0.4, -0.2) is 40.3 Å². The summed E-state index contributed by atoms with van der Waals surface area (Å²) in [7, 11) is 0. The number of aromatic nitrogens is 2. The Morgan fingerprint density at radius 2 is 1.79 bits per heavy atom. The summed E-state index contributed by atoms with van der Waals surface area (Å²) in [6.07, 6.45) is 1.84. The molecule has 1 aliphatic rings. The molecule has 3 rings (SSSR count). The second kappa shape index (κ2) is 8.99. The summed E-state index contributed by atoms with van der Waals surface area (Å²) >= 11 is 5.87. The summed E-state index contributed by atoms with van der Waals surface area (Å²) < 4.78 is 7.81. The van der Waals surface area contributed by atoms with E-state index in [2.05, 4.69) is 38.4 Å². The molecule has 0 unspecified atom stereocenters. The van der Waals surface area contributed by atoms with Crippen molar-refractivity contribution in [3.8, 4) is 5.75 Å². The van der Waals surface area contributed by atoms with E-state index in [9.17, 15) is 4.79 Å². The van der Waals surface area contributed by atoms with E-state index in [1.807, 2.05) is 4.90 Å². The molecule has 1 aromatic heterocycles. The Kier molecular flexibility index (Phi) is 6.65. The zero-order valence-corrected chi connectivity index (χ0v) is 17.9. The summed E-state index contributed by atoms with van der Waals surface area (Å²) in [6, 6.07) is 9.67. The highest BCUT2D eigenvalue weighted by atomic mass is 35.5. The number of benzene rings is 1. The van der Waals surface area contributed by atoms with Crippen molar-refractivity contribution in [3.63, 3.8) is 0 Å². The van der Waals surface area contributed by atoms with Gasteiger partial charge in [0, 0.05) is 23.8 Å². The van der Waals surface area contributed by atoms with Crippen molar-refractivity contribution in [2.24, 2.45) is 0 Å². The van der Waals surface area contributed by atoms with E-state index in [4.69, 9.17) is 21.4 Å². The minimum atomic E-state index is 0.0285. The number of hydrogen-bond acceptors (Lipinski definition) is 3. The van der Waals surface area contributed by atoms with Gasteiger partial charge in [-0.05, 0) is 55.0 Å². The fourth-order valence-corrected chi connectivity index (χ4v) is 3.69. The molecule has 0 bridgehead atoms. The van der Waals surface area contributed by atoms with Crippen molar-refractivity contribution in [1.29, 1.82) is 0 Å². The van der Waals surface area contributed by atoms with Gasteiger partial charge in [-0.25, -0.2) is 0 Å². The van der Waals surface area contributed by atoms with Crippen LogP contribution in [0.5, 0.6) is 5.75 Å². The number of carbonyl (C=O) groups is 1. The predicted octanol–water partition coefficient (Wildman–Crippen LogP) is 5.03. The van der Waals surface area contributed by atoms with Crippen LogP contribution in [0.2, 0.25) is 5.02 Å². The monoisotopic (exact) mass is 403 g/mol. The third kappa shape index (κ3) is 4.88. The number of carbonyl (C=O) groups excluding carboxylic acids is 1. The minimum Gasteiger partial charge on any atom is -0.484 e. The van der Waals surface area contributed by atoms with E-state index in [1.54, 1.807) is 24.3 Å². The first-order chi connectivity index (χ1) is 13.3. The number of halogens is 1. The van der Waals surface area contributed by atoms with Gasteiger partial charge < -0.3 is 9.64 Å². The SMILES string of the molecule is CC(C)c1cc(C(C)C)n(C2CCN(C(=O)COc3ccc(Cl)cc3)CC2)n1. The first kappa shape index (κ1) is 20.7. The highest BCUT2D eigenvalue weighted by molar-refractivity contribution is 6.30. The molecule has 0 N–H and O–H groups in total. The Morgan fingerprint density at radius 1 is 1.14 bits per heavy atom. The Morgan fingerprint density at radius 3 is 2.36 bits per heavy atom. The van der Waals surface area contributed by atoms with Crippen molar-refractivity contribution < 1.29 is 9.53 Å². The van der Waals surface area contributed by atoms with Crippen LogP contribution in [0.3, 0.4) is 0 Å². The van der Waals surface area contributed by atoms with Crippen LogP contribution in [0.25, 0.3) is 0 Å². The van der Waals surface area contributed by atoms with Crippen LogP contribution in [0.4, 0.5) is 0 Å². The van der Waals surface area contributed by atoms with Crippen LogP contribution in [0, 0.1) is 0 Å². The first-order valence-electron chi connectivity index (χ1n) is 10.1. The first-order valence-corrected chi connectivity index (χ1v) is 10.5. The third-order valence-electron chi connectivity index (χ3n) is 5.31. The van der Waals surface area contributed by atoms with Gasteiger partial charge in [0.25, 0.3) is 5.91 Å². The molecule has 0 atom stereocenters. The normalized spacial score (nSPS) is 15.5. The fraction of sp³-hybridized carbons (Fsp3) is 0.545. The van der Waals surface area contributed by atoms with Gasteiger partial charge in [0.15, 0.2) is 6.61 Å². The molecule has 6 heteroatoms. The van der Waals surface area contributed by atoms with E-state index < -0.39 is 0 Å². The Labute approximate surface area is 172 Å². The van der Waals surface area contributed by atoms with Crippen molar-refractivity contribution in [2.45, 2.75) is 58.4 Å². The summed E-state index contributed by atoms with van der Waals surface area (Å²) in [5.74, 6) is 1.55. The van der Waals surface area contributed by atoms with E-state index in [-0.39, 0.29) is 12.5 Å². The lowest BCUT2D eigenvalue weighted by atomic mass is 10.0. The van der Waals surface area contributed by atoms with Crippen LogP contribution >= 0.6 is 11.6 Å². The van der Waals surface area contributed by atoms with E-state index in [0.29, 0.717) is 28.6 Å². The molecule has 0 spiro atoms. The molecule has 0 aliphatic carbocycles. The number of rotatable bonds is 6. The molecule has 2 heterocycles. The number of hydrogen-bond donors (Lipinski definition) is 0. The lowest BCUT2D eigenvalue weighted by Crippen LogP contribution is -2.41. The largest absolute Gasteiger partial charge is 0.484 e. The molecule has 0 saturated carbocycles. The van der Waals surface area contributed by atoms with Crippen molar-refractivity contribution in [2.75, 3.05) is 19.7 Å². The zero-order valence-electron chi connectivity index (χ0n) is 17.2. The molecular weight excluding hydrogens is 374 g/mol. The molecule has 1 amide bonds. The smallest absolute Gasteiger partial charge is 0.260 e. The molecule has 0 radical (unpaired) electrons. The quantitative estimate of drug-likeness (QED) is 0.679. The van der Waals surface area contributed by atoms with Crippen LogP contribution in [0.1, 0.15) is 69.8 Å². The standard InChI is InChI=1S/C22H30ClN3O2/c1-15(2)20-13-21(16(3)4)26(24-20)18-9-11-25(12-10-18)22(27)14-28-19-7-5-17(23)6-8-19/h5-8,13,15-16,18H,9-12,14H2,1-4H3. The van der Waals surface area contributed by atoms with Gasteiger partial charge in [-0.1, -0.05) is 39.3 Å². The topological polar surface area (TPSA) is 47.4 Å². The van der Waals surface area contributed by atoms with Gasteiger partial charge >= 0.3 is 0 Å². The van der Waals surface area contributed by atoms with Gasteiger partial charge in [-0.3, -0.25) is 9.48 Å². The molecule has 28 heavy (non-hydrogen) atoms. The Hall–Kier alpha value is -2.01. The maximum absolute atomic E-state index is 12.5.